The molecule has 1 aliphatic rings. The summed E-state index contributed by atoms with van der Waals surface area (Å²) >= 11 is 1.41. The number of aromatic nitrogens is 1. The molecule has 0 radical (unpaired) electrons. The molecule has 2 aromatic rings. The highest BCUT2D eigenvalue weighted by Crippen LogP contribution is 2.29. The number of piperidine rings is 1. The molecule has 0 atom stereocenters. The maximum Gasteiger partial charge on any atom is 0.229 e. The third-order valence-corrected chi connectivity index (χ3v) is 7.63. The third-order valence-electron chi connectivity index (χ3n) is 4.99. The van der Waals surface area contributed by atoms with Crippen LogP contribution in [-0.4, -0.2) is 42.5 Å². The van der Waals surface area contributed by atoms with Crippen LogP contribution in [0.5, 0.6) is 0 Å². The predicted octanol–water partition coefficient (Wildman–Crippen LogP) is 3.43. The highest BCUT2D eigenvalue weighted by molar-refractivity contribution is 7.89. The molecule has 0 unspecified atom stereocenters. The first kappa shape index (κ1) is 20.0. The smallest absolute Gasteiger partial charge is 0.229 e. The zero-order valence-corrected chi connectivity index (χ0v) is 17.5. The Morgan fingerprint density at radius 3 is 2.67 bits per heavy atom. The molecule has 3 rings (SSSR count). The van der Waals surface area contributed by atoms with Crippen molar-refractivity contribution in [2.75, 3.05) is 24.2 Å². The molecular formula is C19H25N3O3S2. The summed E-state index contributed by atoms with van der Waals surface area (Å²) in [6.07, 6.45) is 1.08. The molecule has 1 amide bonds. The van der Waals surface area contributed by atoms with Crippen molar-refractivity contribution in [1.82, 2.24) is 9.29 Å². The molecule has 0 saturated carbocycles. The number of carbonyl (C=O) groups is 1. The number of aryl methyl sites for hydroxylation is 2. The summed E-state index contributed by atoms with van der Waals surface area (Å²) in [5, 5.41) is 5.44. The maximum absolute atomic E-state index is 12.5. The van der Waals surface area contributed by atoms with Gasteiger partial charge in [0, 0.05) is 30.0 Å². The van der Waals surface area contributed by atoms with Gasteiger partial charge in [-0.1, -0.05) is 17.7 Å². The summed E-state index contributed by atoms with van der Waals surface area (Å²) < 4.78 is 25.3. The van der Waals surface area contributed by atoms with E-state index in [1.807, 2.05) is 19.2 Å². The summed E-state index contributed by atoms with van der Waals surface area (Å²) in [5.41, 5.74) is 4.25. The Morgan fingerprint density at radius 1 is 1.30 bits per heavy atom. The van der Waals surface area contributed by atoms with Crippen molar-refractivity contribution in [1.29, 1.82) is 0 Å². The van der Waals surface area contributed by atoms with Crippen LogP contribution in [0.25, 0.3) is 11.3 Å². The lowest BCUT2D eigenvalue weighted by Crippen LogP contribution is -2.42. The minimum atomic E-state index is -3.17. The van der Waals surface area contributed by atoms with Gasteiger partial charge in [0.05, 0.1) is 11.4 Å². The SMILES string of the molecule is CCS(=O)(=O)N1CCC(C(=O)Nc2nc(-c3cc(C)ccc3C)cs2)CC1. The van der Waals surface area contributed by atoms with Gasteiger partial charge in [0.25, 0.3) is 0 Å². The number of nitrogens with zero attached hydrogens (tertiary/aromatic N) is 2. The number of anilines is 1. The highest BCUT2D eigenvalue weighted by atomic mass is 32.2. The molecule has 6 nitrogen and oxygen atoms in total. The van der Waals surface area contributed by atoms with Gasteiger partial charge in [-0.3, -0.25) is 4.79 Å². The standard InChI is InChI=1S/C19H25N3O3S2/c1-4-27(24,25)22-9-7-15(8-10-22)18(23)21-19-20-17(12-26-19)16-11-13(2)5-6-14(16)3/h5-6,11-12,15H,4,7-10H2,1-3H3,(H,20,21,23). The largest absolute Gasteiger partial charge is 0.302 e. The molecule has 0 spiro atoms. The number of rotatable bonds is 5. The van der Waals surface area contributed by atoms with Crippen LogP contribution < -0.4 is 5.32 Å². The zero-order chi connectivity index (χ0) is 19.6. The fourth-order valence-electron chi connectivity index (χ4n) is 3.25. The van der Waals surface area contributed by atoms with Gasteiger partial charge >= 0.3 is 0 Å². The van der Waals surface area contributed by atoms with E-state index in [1.54, 1.807) is 6.92 Å². The predicted molar refractivity (Wildman–Crippen MR) is 109 cm³/mol. The lowest BCUT2D eigenvalue weighted by molar-refractivity contribution is -0.120. The minimum Gasteiger partial charge on any atom is -0.302 e. The average molecular weight is 408 g/mol. The van der Waals surface area contributed by atoms with Crippen molar-refractivity contribution in [3.8, 4) is 11.3 Å². The number of hydrogen-bond acceptors (Lipinski definition) is 5. The first-order chi connectivity index (χ1) is 12.8. The van der Waals surface area contributed by atoms with E-state index < -0.39 is 10.0 Å². The molecule has 1 N–H and O–H groups in total. The van der Waals surface area contributed by atoms with Gasteiger partial charge in [0.15, 0.2) is 5.13 Å². The number of amides is 1. The molecule has 27 heavy (non-hydrogen) atoms. The number of nitrogens with one attached hydrogen (secondary N) is 1. The summed E-state index contributed by atoms with van der Waals surface area (Å²) in [6.45, 7) is 6.54. The topological polar surface area (TPSA) is 79.4 Å². The van der Waals surface area contributed by atoms with Crippen molar-refractivity contribution >= 4 is 32.4 Å². The first-order valence-corrected chi connectivity index (χ1v) is 11.6. The number of sulfonamides is 1. The van der Waals surface area contributed by atoms with E-state index in [4.69, 9.17) is 0 Å². The summed E-state index contributed by atoms with van der Waals surface area (Å²) in [6, 6.07) is 6.24. The van der Waals surface area contributed by atoms with Gasteiger partial charge in [-0.25, -0.2) is 17.7 Å². The summed E-state index contributed by atoms with van der Waals surface area (Å²) in [7, 11) is -3.17. The third kappa shape index (κ3) is 4.56. The molecule has 146 valence electrons. The van der Waals surface area contributed by atoms with E-state index >= 15 is 0 Å². The molecule has 1 aromatic heterocycles. The monoisotopic (exact) mass is 407 g/mol. The summed E-state index contributed by atoms with van der Waals surface area (Å²) in [5.74, 6) is -0.156. The highest BCUT2D eigenvalue weighted by Gasteiger charge is 2.30. The van der Waals surface area contributed by atoms with E-state index in [-0.39, 0.29) is 17.6 Å². The van der Waals surface area contributed by atoms with Crippen LogP contribution in [0.15, 0.2) is 23.6 Å². The van der Waals surface area contributed by atoms with Gasteiger partial charge in [-0.2, -0.15) is 0 Å². The molecule has 0 bridgehead atoms. The quantitative estimate of drug-likeness (QED) is 0.824. The molecular weight excluding hydrogens is 382 g/mol. The minimum absolute atomic E-state index is 0.0783. The lowest BCUT2D eigenvalue weighted by Gasteiger charge is -2.30. The second-order valence-electron chi connectivity index (χ2n) is 6.92. The van der Waals surface area contributed by atoms with Crippen molar-refractivity contribution < 1.29 is 13.2 Å². The van der Waals surface area contributed by atoms with Gasteiger partial charge in [0.2, 0.25) is 15.9 Å². The van der Waals surface area contributed by atoms with Gasteiger partial charge in [-0.05, 0) is 45.2 Å². The van der Waals surface area contributed by atoms with Crippen molar-refractivity contribution in [3.05, 3.63) is 34.7 Å². The van der Waals surface area contributed by atoms with Crippen LogP contribution in [0, 0.1) is 19.8 Å². The lowest BCUT2D eigenvalue weighted by atomic mass is 9.97. The van der Waals surface area contributed by atoms with Crippen molar-refractivity contribution in [3.63, 3.8) is 0 Å². The number of benzene rings is 1. The molecule has 1 fully saturated rings. The number of thiazole rings is 1. The van der Waals surface area contributed by atoms with E-state index in [0.717, 1.165) is 16.8 Å². The Morgan fingerprint density at radius 2 is 2.00 bits per heavy atom. The molecule has 8 heteroatoms. The van der Waals surface area contributed by atoms with E-state index in [0.29, 0.717) is 31.1 Å². The fraction of sp³-hybridized carbons (Fsp3) is 0.474. The molecule has 0 aliphatic carbocycles. The second kappa shape index (κ2) is 8.08. The fourth-order valence-corrected chi connectivity index (χ4v) is 5.10. The average Bonchev–Trinajstić information content (AvgIpc) is 3.12. The van der Waals surface area contributed by atoms with E-state index in [9.17, 15) is 13.2 Å². The number of hydrogen-bond donors (Lipinski definition) is 1. The van der Waals surface area contributed by atoms with E-state index in [1.165, 1.54) is 21.2 Å². The van der Waals surface area contributed by atoms with Crippen LogP contribution in [0.3, 0.4) is 0 Å². The molecule has 1 aromatic carbocycles. The van der Waals surface area contributed by atoms with Crippen LogP contribution in [0.1, 0.15) is 30.9 Å². The molecule has 1 saturated heterocycles. The Balaban J connectivity index is 1.63. The molecule has 2 heterocycles. The van der Waals surface area contributed by atoms with Gasteiger partial charge < -0.3 is 5.32 Å². The maximum atomic E-state index is 12.5. The summed E-state index contributed by atoms with van der Waals surface area (Å²) in [4.78, 5) is 17.1. The zero-order valence-electron chi connectivity index (χ0n) is 15.9. The van der Waals surface area contributed by atoms with Crippen LogP contribution >= 0.6 is 11.3 Å². The Hall–Kier alpha value is -1.77. The van der Waals surface area contributed by atoms with Crippen molar-refractivity contribution in [2.24, 2.45) is 5.92 Å². The van der Waals surface area contributed by atoms with Gasteiger partial charge in [0.1, 0.15) is 0 Å². The Labute approximate surface area is 164 Å². The first-order valence-electron chi connectivity index (χ1n) is 9.12. The van der Waals surface area contributed by atoms with Crippen molar-refractivity contribution in [2.45, 2.75) is 33.6 Å². The van der Waals surface area contributed by atoms with Gasteiger partial charge in [-0.15, -0.1) is 11.3 Å². The van der Waals surface area contributed by atoms with E-state index in [2.05, 4.69) is 28.5 Å². The molecule has 1 aliphatic heterocycles. The van der Waals surface area contributed by atoms with Crippen LogP contribution in [-0.2, 0) is 14.8 Å². The Kier molecular flexibility index (Phi) is 5.98. The number of carbonyl (C=O) groups excluding carboxylic acids is 1. The van der Waals surface area contributed by atoms with Crippen LogP contribution in [0.2, 0.25) is 0 Å². The van der Waals surface area contributed by atoms with Crippen LogP contribution in [0.4, 0.5) is 5.13 Å². The Bertz CT molecular complexity index is 929. The normalized spacial score (nSPS) is 16.4. The second-order valence-corrected chi connectivity index (χ2v) is 10.0.